The number of aryl methyl sites for hydroxylation is 2. The molecule has 0 radical (unpaired) electrons. The first kappa shape index (κ1) is 21.8. The van der Waals surface area contributed by atoms with Crippen molar-refractivity contribution in [1.82, 2.24) is 24.9 Å². The highest BCUT2D eigenvalue weighted by Gasteiger charge is 2.54. The Hall–Kier alpha value is -3.67. The van der Waals surface area contributed by atoms with Gasteiger partial charge in [0.25, 0.3) is 0 Å². The summed E-state index contributed by atoms with van der Waals surface area (Å²) in [6, 6.07) is 13.0. The van der Waals surface area contributed by atoms with Crippen LogP contribution >= 0.6 is 0 Å². The monoisotopic (exact) mass is 465 g/mol. The summed E-state index contributed by atoms with van der Waals surface area (Å²) in [6.45, 7) is 14.0. The molecular weight excluding hydrogens is 434 g/mol. The molecule has 1 saturated carbocycles. The van der Waals surface area contributed by atoms with E-state index in [1.165, 1.54) is 39.4 Å². The molecule has 1 spiro atoms. The fraction of sp³-hybridized carbons (Fsp3) is 0.345. The van der Waals surface area contributed by atoms with Crippen LogP contribution in [0.5, 0.6) is 0 Å². The number of carbonyl (C=O) groups is 1. The van der Waals surface area contributed by atoms with E-state index < -0.39 is 0 Å². The summed E-state index contributed by atoms with van der Waals surface area (Å²) >= 11 is 0. The second kappa shape index (κ2) is 7.67. The van der Waals surface area contributed by atoms with E-state index in [1.807, 2.05) is 11.0 Å². The van der Waals surface area contributed by atoms with Gasteiger partial charge < -0.3 is 4.90 Å². The number of likely N-dealkylation sites (tertiary alicyclic amines) is 1. The molecule has 3 heterocycles. The molecular formula is C29H31N5O. The fourth-order valence-corrected chi connectivity index (χ4v) is 6.27. The molecule has 2 fully saturated rings. The normalized spacial score (nSPS) is 17.0. The van der Waals surface area contributed by atoms with Gasteiger partial charge in [0.05, 0.1) is 11.6 Å². The van der Waals surface area contributed by atoms with Crippen molar-refractivity contribution in [1.29, 1.82) is 0 Å². The summed E-state index contributed by atoms with van der Waals surface area (Å²) < 4.78 is 2.25. The fourth-order valence-electron chi connectivity index (χ4n) is 6.27. The molecule has 2 aromatic carbocycles. The predicted molar refractivity (Wildman–Crippen MR) is 139 cm³/mol. The van der Waals surface area contributed by atoms with Crippen molar-refractivity contribution >= 4 is 16.8 Å². The first-order valence-corrected chi connectivity index (χ1v) is 12.3. The Morgan fingerprint density at radius 2 is 1.83 bits per heavy atom. The van der Waals surface area contributed by atoms with Gasteiger partial charge in [0.15, 0.2) is 0 Å². The minimum atomic E-state index is 0.0393. The van der Waals surface area contributed by atoms with Gasteiger partial charge in [0, 0.05) is 52.0 Å². The molecule has 2 aliphatic rings. The zero-order valence-corrected chi connectivity index (χ0v) is 20.9. The van der Waals surface area contributed by atoms with Crippen molar-refractivity contribution in [3.8, 4) is 22.4 Å². The topological polar surface area (TPSA) is 66.8 Å². The maximum absolute atomic E-state index is 11.9. The Morgan fingerprint density at radius 1 is 1.11 bits per heavy atom. The number of nitrogens with one attached hydrogen (secondary N) is 1. The van der Waals surface area contributed by atoms with Crippen molar-refractivity contribution in [2.24, 2.45) is 5.41 Å². The van der Waals surface area contributed by atoms with Crippen LogP contribution in [0.4, 0.5) is 0 Å². The van der Waals surface area contributed by atoms with E-state index in [4.69, 9.17) is 5.10 Å². The highest BCUT2D eigenvalue weighted by Crippen LogP contribution is 2.55. The standard InChI is InChI=1S/C29H31N5O/c1-6-24(35)33-15-29(16-33)13-22(14-29)34-20(5)27(28(32-34)21-10-8-7-9-11-21)25-18(3)17(2)12-23-26(25)19(4)30-31-23/h6-12,22H,1,13-16H2,2-5H3,(H,30,31). The molecule has 1 aliphatic heterocycles. The summed E-state index contributed by atoms with van der Waals surface area (Å²) in [7, 11) is 0. The molecule has 0 unspecified atom stereocenters. The number of H-pyrrole nitrogens is 1. The van der Waals surface area contributed by atoms with Crippen LogP contribution < -0.4 is 0 Å². The van der Waals surface area contributed by atoms with Crippen molar-refractivity contribution in [2.75, 3.05) is 13.1 Å². The molecule has 6 nitrogen and oxygen atoms in total. The Bertz CT molecular complexity index is 1480. The van der Waals surface area contributed by atoms with Gasteiger partial charge in [0.1, 0.15) is 5.69 Å². The maximum atomic E-state index is 11.9. The van der Waals surface area contributed by atoms with E-state index in [2.05, 4.69) is 79.5 Å². The summed E-state index contributed by atoms with van der Waals surface area (Å²) in [5, 5.41) is 14.2. The second-order valence-electron chi connectivity index (χ2n) is 10.5. The third-order valence-corrected chi connectivity index (χ3v) is 8.21. The van der Waals surface area contributed by atoms with Crippen LogP contribution in [0, 0.1) is 33.1 Å². The van der Waals surface area contributed by atoms with E-state index in [0.717, 1.165) is 48.4 Å². The van der Waals surface area contributed by atoms with Crippen LogP contribution in [0.25, 0.3) is 33.3 Å². The molecule has 6 rings (SSSR count). The molecule has 6 heteroatoms. The number of hydrogen-bond donors (Lipinski definition) is 1. The first-order chi connectivity index (χ1) is 16.8. The van der Waals surface area contributed by atoms with Crippen LogP contribution in [0.2, 0.25) is 0 Å². The smallest absolute Gasteiger partial charge is 0.245 e. The Morgan fingerprint density at radius 3 is 2.51 bits per heavy atom. The molecule has 4 aromatic rings. The SMILES string of the molecule is C=CC(=O)N1CC2(CC(n3nc(-c4ccccc4)c(-c4c(C)c(C)cc5n[nH]c(C)c45)c3C)C2)C1. The second-order valence-corrected chi connectivity index (χ2v) is 10.5. The van der Waals surface area contributed by atoms with Crippen molar-refractivity contribution in [2.45, 2.75) is 46.6 Å². The minimum absolute atomic E-state index is 0.0393. The van der Waals surface area contributed by atoms with Crippen molar-refractivity contribution < 1.29 is 4.79 Å². The Balaban J connectivity index is 1.47. The summed E-state index contributed by atoms with van der Waals surface area (Å²) in [6.07, 6.45) is 3.52. The first-order valence-electron chi connectivity index (χ1n) is 12.3. The average molecular weight is 466 g/mol. The lowest BCUT2D eigenvalue weighted by Gasteiger charge is -2.58. The number of amides is 1. The predicted octanol–water partition coefficient (Wildman–Crippen LogP) is 5.68. The van der Waals surface area contributed by atoms with Crippen molar-refractivity contribution in [3.05, 3.63) is 71.6 Å². The molecule has 35 heavy (non-hydrogen) atoms. The third-order valence-electron chi connectivity index (χ3n) is 8.21. The van der Waals surface area contributed by atoms with Gasteiger partial charge >= 0.3 is 0 Å². The number of hydrogen-bond acceptors (Lipinski definition) is 3. The molecule has 1 saturated heterocycles. The molecule has 0 atom stereocenters. The minimum Gasteiger partial charge on any atom is -0.338 e. The van der Waals surface area contributed by atoms with Gasteiger partial charge in [-0.3, -0.25) is 14.6 Å². The lowest BCUT2D eigenvalue weighted by atomic mass is 9.60. The quantitative estimate of drug-likeness (QED) is 0.395. The van der Waals surface area contributed by atoms with Gasteiger partial charge in [-0.15, -0.1) is 0 Å². The van der Waals surface area contributed by atoms with Gasteiger partial charge in [-0.2, -0.15) is 10.2 Å². The van der Waals surface area contributed by atoms with E-state index >= 15 is 0 Å². The van der Waals surface area contributed by atoms with Gasteiger partial charge in [0.2, 0.25) is 5.91 Å². The van der Waals surface area contributed by atoms with Gasteiger partial charge in [-0.25, -0.2) is 0 Å². The largest absolute Gasteiger partial charge is 0.338 e. The number of benzene rings is 2. The number of nitrogens with zero attached hydrogens (tertiary/aromatic N) is 4. The molecule has 1 amide bonds. The van der Waals surface area contributed by atoms with E-state index in [-0.39, 0.29) is 11.3 Å². The number of fused-ring (bicyclic) bond motifs is 1. The summed E-state index contributed by atoms with van der Waals surface area (Å²) in [4.78, 5) is 13.8. The van der Waals surface area contributed by atoms with Crippen LogP contribution in [0.3, 0.4) is 0 Å². The number of aromatic nitrogens is 4. The van der Waals surface area contributed by atoms with Crippen LogP contribution in [-0.2, 0) is 4.79 Å². The Labute approximate surface area is 205 Å². The third kappa shape index (κ3) is 3.19. The molecule has 1 aliphatic carbocycles. The summed E-state index contributed by atoms with van der Waals surface area (Å²) in [5.74, 6) is 0.0393. The van der Waals surface area contributed by atoms with E-state index in [0.29, 0.717) is 6.04 Å². The van der Waals surface area contributed by atoms with Crippen LogP contribution in [-0.4, -0.2) is 43.9 Å². The number of aromatic amines is 1. The Kier molecular flexibility index (Phi) is 4.78. The highest BCUT2D eigenvalue weighted by atomic mass is 16.2. The van der Waals surface area contributed by atoms with E-state index in [9.17, 15) is 4.79 Å². The van der Waals surface area contributed by atoms with Gasteiger partial charge in [-0.1, -0.05) is 36.9 Å². The molecule has 178 valence electrons. The number of rotatable bonds is 4. The zero-order valence-electron chi connectivity index (χ0n) is 20.9. The molecule has 1 N–H and O–H groups in total. The zero-order chi connectivity index (χ0) is 24.5. The average Bonchev–Trinajstić information content (AvgIpc) is 3.33. The lowest BCUT2D eigenvalue weighted by molar-refractivity contribution is -0.149. The molecule has 2 aromatic heterocycles. The van der Waals surface area contributed by atoms with E-state index in [1.54, 1.807) is 0 Å². The van der Waals surface area contributed by atoms with Crippen molar-refractivity contribution in [3.63, 3.8) is 0 Å². The van der Waals surface area contributed by atoms with Crippen LogP contribution in [0.15, 0.2) is 49.1 Å². The summed E-state index contributed by atoms with van der Waals surface area (Å²) in [5.41, 5.74) is 10.6. The highest BCUT2D eigenvalue weighted by molar-refractivity contribution is 6.02. The maximum Gasteiger partial charge on any atom is 0.245 e. The lowest BCUT2D eigenvalue weighted by Crippen LogP contribution is -2.63. The number of carbonyl (C=O) groups excluding carboxylic acids is 1. The van der Waals surface area contributed by atoms with Gasteiger partial charge in [-0.05, 0) is 63.8 Å². The molecule has 0 bridgehead atoms. The van der Waals surface area contributed by atoms with Crippen LogP contribution in [0.1, 0.15) is 41.4 Å².